The van der Waals surface area contributed by atoms with Gasteiger partial charge in [0.15, 0.2) is 0 Å². The summed E-state index contributed by atoms with van der Waals surface area (Å²) in [5.74, 6) is -0.374. The lowest BCUT2D eigenvalue weighted by molar-refractivity contribution is -0.129. The number of aromatic nitrogens is 1. The smallest absolute Gasteiger partial charge is 0.243 e. The van der Waals surface area contributed by atoms with Crippen LogP contribution in [0.2, 0.25) is 0 Å². The van der Waals surface area contributed by atoms with Crippen molar-refractivity contribution < 1.29 is 14.7 Å². The first-order valence-electron chi connectivity index (χ1n) is 11.3. The maximum absolute atomic E-state index is 13.1. The normalized spacial score (nSPS) is 13.1. The number of amides is 1. The van der Waals surface area contributed by atoms with Crippen LogP contribution in [0.5, 0.6) is 0 Å². The summed E-state index contributed by atoms with van der Waals surface area (Å²) in [6.45, 7) is 7.14. The van der Waals surface area contributed by atoms with E-state index >= 15 is 0 Å². The van der Waals surface area contributed by atoms with Crippen LogP contribution in [0.25, 0.3) is 22.3 Å². The number of nitriles is 1. The minimum Gasteiger partial charge on any atom is -0.394 e. The molecule has 0 fully saturated rings. The van der Waals surface area contributed by atoms with Gasteiger partial charge in [-0.05, 0) is 52.8 Å². The van der Waals surface area contributed by atoms with Crippen LogP contribution < -0.4 is 5.32 Å². The van der Waals surface area contributed by atoms with Gasteiger partial charge in [0.25, 0.3) is 0 Å². The molecule has 2 N–H and O–H groups in total. The molecule has 0 aliphatic rings. The summed E-state index contributed by atoms with van der Waals surface area (Å²) in [5, 5.41) is 21.6. The molecule has 0 spiro atoms. The Kier molecular flexibility index (Phi) is 7.70. The fourth-order valence-electron chi connectivity index (χ4n) is 3.78. The van der Waals surface area contributed by atoms with Crippen LogP contribution in [0.15, 0.2) is 67.0 Å². The number of hydrogen-bond acceptors (Lipinski definition) is 4. The van der Waals surface area contributed by atoms with Crippen molar-refractivity contribution in [1.82, 2.24) is 9.88 Å². The Labute approximate surface area is 200 Å². The van der Waals surface area contributed by atoms with Crippen LogP contribution in [-0.4, -0.2) is 34.0 Å². The highest BCUT2D eigenvalue weighted by atomic mass is 16.3. The molecule has 6 heteroatoms. The number of Topliss-reactive ketones (excluding diaryl/α,β-unsaturated/α-hetero) is 1. The summed E-state index contributed by atoms with van der Waals surface area (Å²) in [6, 6.07) is 18.4. The molecule has 176 valence electrons. The Balaban J connectivity index is 1.82. The van der Waals surface area contributed by atoms with Gasteiger partial charge in [-0.25, -0.2) is 0 Å². The zero-order chi connectivity index (χ0) is 24.9. The van der Waals surface area contributed by atoms with E-state index < -0.39 is 12.1 Å². The fourth-order valence-corrected chi connectivity index (χ4v) is 3.78. The largest absolute Gasteiger partial charge is 0.394 e. The summed E-state index contributed by atoms with van der Waals surface area (Å²) in [7, 11) is 0. The first-order chi connectivity index (χ1) is 16.1. The van der Waals surface area contributed by atoms with Crippen molar-refractivity contribution in [3.8, 4) is 28.3 Å². The highest BCUT2D eigenvalue weighted by Gasteiger charge is 2.30. The van der Waals surface area contributed by atoms with E-state index in [0.717, 1.165) is 22.3 Å². The average molecular weight is 458 g/mol. The molecule has 0 aliphatic carbocycles. The highest BCUT2D eigenvalue weighted by molar-refractivity contribution is 5.87. The summed E-state index contributed by atoms with van der Waals surface area (Å²) in [6.07, 6.45) is 3.75. The number of aliphatic hydroxyl groups is 1. The van der Waals surface area contributed by atoms with Crippen LogP contribution in [0.1, 0.15) is 45.7 Å². The lowest BCUT2D eigenvalue weighted by atomic mass is 9.87. The van der Waals surface area contributed by atoms with Gasteiger partial charge in [-0.2, -0.15) is 5.26 Å². The molecule has 34 heavy (non-hydrogen) atoms. The first-order valence-corrected chi connectivity index (χ1v) is 11.3. The number of carbonyl (C=O) groups is 2. The van der Waals surface area contributed by atoms with Gasteiger partial charge in [0.05, 0.1) is 24.3 Å². The molecule has 0 unspecified atom stereocenters. The molecular weight excluding hydrogens is 426 g/mol. The Bertz CT molecular complexity index is 1180. The van der Waals surface area contributed by atoms with Gasteiger partial charge >= 0.3 is 0 Å². The molecular formula is C28H31N3O3. The van der Waals surface area contributed by atoms with Crippen molar-refractivity contribution in [3.63, 3.8) is 0 Å². The van der Waals surface area contributed by atoms with Crippen molar-refractivity contribution in [2.75, 3.05) is 6.61 Å². The minimum absolute atomic E-state index is 0.0693. The fraction of sp³-hybridized carbons (Fsp3) is 0.321. The third-order valence-electron chi connectivity index (χ3n) is 5.97. The van der Waals surface area contributed by atoms with E-state index in [1.807, 2.05) is 75.6 Å². The van der Waals surface area contributed by atoms with Gasteiger partial charge in [-0.15, -0.1) is 0 Å². The van der Waals surface area contributed by atoms with Gasteiger partial charge in [0, 0.05) is 18.8 Å². The number of hydrogen-bond donors (Lipinski definition) is 2. The molecule has 0 aliphatic heterocycles. The van der Waals surface area contributed by atoms with Crippen molar-refractivity contribution in [2.45, 2.75) is 46.2 Å². The quantitative estimate of drug-likeness (QED) is 0.511. The van der Waals surface area contributed by atoms with Gasteiger partial charge in [0.1, 0.15) is 11.8 Å². The minimum atomic E-state index is -0.694. The molecule has 2 atom stereocenters. The van der Waals surface area contributed by atoms with Gasteiger partial charge in [-0.1, -0.05) is 57.2 Å². The van der Waals surface area contributed by atoms with Crippen molar-refractivity contribution in [1.29, 1.82) is 5.26 Å². The molecule has 0 saturated carbocycles. The van der Waals surface area contributed by atoms with Crippen LogP contribution >= 0.6 is 0 Å². The number of ketones is 1. The molecule has 2 aromatic carbocycles. The Morgan fingerprint density at radius 1 is 0.971 bits per heavy atom. The van der Waals surface area contributed by atoms with E-state index in [1.165, 1.54) is 6.92 Å². The lowest BCUT2D eigenvalue weighted by Gasteiger charge is -2.31. The molecule has 0 bridgehead atoms. The Morgan fingerprint density at radius 2 is 1.50 bits per heavy atom. The van der Waals surface area contributed by atoms with Crippen LogP contribution in [0.3, 0.4) is 0 Å². The lowest BCUT2D eigenvalue weighted by Crippen LogP contribution is -2.48. The monoisotopic (exact) mass is 457 g/mol. The molecule has 3 aromatic rings. The second-order valence-corrected chi connectivity index (χ2v) is 9.65. The summed E-state index contributed by atoms with van der Waals surface area (Å²) < 4.78 is 1.76. The predicted octanol–water partition coefficient (Wildman–Crippen LogP) is 4.74. The van der Waals surface area contributed by atoms with Gasteiger partial charge in [-0.3, -0.25) is 9.59 Å². The van der Waals surface area contributed by atoms with Crippen molar-refractivity contribution in [2.24, 2.45) is 5.41 Å². The molecule has 0 radical (unpaired) electrons. The second-order valence-electron chi connectivity index (χ2n) is 9.65. The summed E-state index contributed by atoms with van der Waals surface area (Å²) in [5.41, 5.74) is 4.29. The van der Waals surface area contributed by atoms with E-state index in [2.05, 4.69) is 11.4 Å². The summed E-state index contributed by atoms with van der Waals surface area (Å²) >= 11 is 0. The number of benzene rings is 2. The molecule has 1 heterocycles. The van der Waals surface area contributed by atoms with E-state index in [-0.39, 0.29) is 30.1 Å². The average Bonchev–Trinajstić information content (AvgIpc) is 3.30. The van der Waals surface area contributed by atoms with E-state index in [9.17, 15) is 14.7 Å². The molecule has 3 rings (SSSR count). The standard InChI is InChI=1S/C28H31N3O3/c1-19(33)15-25(27(34)30-26(18-32)28(2,3)4)31-14-13-24(17-31)23-11-9-22(10-12-23)21-7-5-20(16-29)6-8-21/h5-14,17,25-26,32H,15,18H2,1-4H3,(H,30,34)/t25-,26-/m1/s1. The Hall–Kier alpha value is -3.69. The maximum atomic E-state index is 13.1. The van der Waals surface area contributed by atoms with Crippen molar-refractivity contribution >= 4 is 11.7 Å². The predicted molar refractivity (Wildman–Crippen MR) is 133 cm³/mol. The first kappa shape index (κ1) is 24.9. The third kappa shape index (κ3) is 6.00. The van der Waals surface area contributed by atoms with Gasteiger partial charge < -0.3 is 15.0 Å². The number of nitrogens with zero attached hydrogens (tertiary/aromatic N) is 2. The molecule has 0 saturated heterocycles. The van der Waals surface area contributed by atoms with Gasteiger partial charge in [0.2, 0.25) is 5.91 Å². The third-order valence-corrected chi connectivity index (χ3v) is 5.97. The maximum Gasteiger partial charge on any atom is 0.243 e. The topological polar surface area (TPSA) is 95.1 Å². The summed E-state index contributed by atoms with van der Waals surface area (Å²) in [4.78, 5) is 25.0. The van der Waals surface area contributed by atoms with Crippen LogP contribution in [0, 0.1) is 16.7 Å². The molecule has 6 nitrogen and oxygen atoms in total. The highest BCUT2D eigenvalue weighted by Crippen LogP contribution is 2.27. The zero-order valence-corrected chi connectivity index (χ0v) is 20.1. The molecule has 1 aromatic heterocycles. The molecule has 1 amide bonds. The number of nitrogens with one attached hydrogen (secondary N) is 1. The van der Waals surface area contributed by atoms with E-state index in [0.29, 0.717) is 5.56 Å². The van der Waals surface area contributed by atoms with E-state index in [1.54, 1.807) is 16.7 Å². The van der Waals surface area contributed by atoms with E-state index in [4.69, 9.17) is 5.26 Å². The Morgan fingerprint density at radius 3 is 1.97 bits per heavy atom. The van der Waals surface area contributed by atoms with Crippen LogP contribution in [-0.2, 0) is 9.59 Å². The number of rotatable bonds is 8. The SMILES string of the molecule is CC(=O)C[C@H](C(=O)N[C@H](CO)C(C)(C)C)n1ccc(-c2ccc(-c3ccc(C#N)cc3)cc2)c1. The zero-order valence-electron chi connectivity index (χ0n) is 20.1. The number of aliphatic hydroxyl groups excluding tert-OH is 1. The van der Waals surface area contributed by atoms with Crippen molar-refractivity contribution in [3.05, 3.63) is 72.6 Å². The second kappa shape index (κ2) is 10.5. The number of carbonyl (C=O) groups excluding carboxylic acids is 2. The van der Waals surface area contributed by atoms with Crippen LogP contribution in [0.4, 0.5) is 0 Å².